The molecule has 2 heterocycles. The summed E-state index contributed by atoms with van der Waals surface area (Å²) in [5.74, 6) is -0.132. The Balaban J connectivity index is 1.89. The van der Waals surface area contributed by atoms with Gasteiger partial charge in [0.05, 0.1) is 11.4 Å². The fourth-order valence-corrected chi connectivity index (χ4v) is 2.00. The minimum absolute atomic E-state index is 0.132. The van der Waals surface area contributed by atoms with Crippen LogP contribution in [0.5, 0.6) is 0 Å². The molecule has 4 nitrogen and oxygen atoms in total. The third-order valence-corrected chi connectivity index (χ3v) is 3.07. The summed E-state index contributed by atoms with van der Waals surface area (Å²) in [6, 6.07) is 11.2. The number of carbonyl (C=O) groups excluding carboxylic acids is 1. The SMILES string of the molecule is Cc1ncccc1NC(=O)c1ccc2cc[nH]c2c1. The molecule has 0 fully saturated rings. The highest BCUT2D eigenvalue weighted by Crippen LogP contribution is 2.16. The Kier molecular flexibility index (Phi) is 2.76. The number of anilines is 1. The Labute approximate surface area is 110 Å². The molecule has 0 bridgehead atoms. The first-order chi connectivity index (χ1) is 9.24. The van der Waals surface area contributed by atoms with E-state index < -0.39 is 0 Å². The standard InChI is InChI=1S/C15H13N3O/c1-10-13(3-2-7-16-10)18-15(19)12-5-4-11-6-8-17-14(11)9-12/h2-9,17H,1H3,(H,18,19). The molecule has 0 aliphatic rings. The van der Waals surface area contributed by atoms with Gasteiger partial charge in [0, 0.05) is 23.5 Å². The minimum atomic E-state index is -0.132. The molecule has 0 saturated carbocycles. The van der Waals surface area contributed by atoms with E-state index in [1.807, 2.05) is 43.5 Å². The van der Waals surface area contributed by atoms with Crippen molar-refractivity contribution in [2.45, 2.75) is 6.92 Å². The van der Waals surface area contributed by atoms with Gasteiger partial charge in [0.25, 0.3) is 5.91 Å². The van der Waals surface area contributed by atoms with Crippen molar-refractivity contribution in [2.24, 2.45) is 0 Å². The molecule has 4 heteroatoms. The average molecular weight is 251 g/mol. The third kappa shape index (κ3) is 2.20. The molecule has 0 atom stereocenters. The Bertz CT molecular complexity index is 746. The van der Waals surface area contributed by atoms with Gasteiger partial charge in [-0.2, -0.15) is 0 Å². The van der Waals surface area contributed by atoms with Gasteiger partial charge in [-0.25, -0.2) is 0 Å². The summed E-state index contributed by atoms with van der Waals surface area (Å²) in [5, 5.41) is 3.96. The van der Waals surface area contributed by atoms with Gasteiger partial charge in [-0.05, 0) is 42.6 Å². The van der Waals surface area contributed by atoms with E-state index >= 15 is 0 Å². The van der Waals surface area contributed by atoms with Crippen LogP contribution in [0.2, 0.25) is 0 Å². The summed E-state index contributed by atoms with van der Waals surface area (Å²) >= 11 is 0. The highest BCUT2D eigenvalue weighted by atomic mass is 16.1. The average Bonchev–Trinajstić information content (AvgIpc) is 2.88. The zero-order valence-electron chi connectivity index (χ0n) is 10.5. The number of fused-ring (bicyclic) bond motifs is 1. The second-order valence-corrected chi connectivity index (χ2v) is 4.37. The number of aryl methyl sites for hydroxylation is 1. The maximum atomic E-state index is 12.2. The third-order valence-electron chi connectivity index (χ3n) is 3.07. The van der Waals surface area contributed by atoms with Crippen LogP contribution in [0.25, 0.3) is 10.9 Å². The zero-order chi connectivity index (χ0) is 13.2. The van der Waals surface area contributed by atoms with Crippen molar-refractivity contribution >= 4 is 22.5 Å². The highest BCUT2D eigenvalue weighted by Gasteiger charge is 2.08. The number of carbonyl (C=O) groups is 1. The molecule has 0 unspecified atom stereocenters. The molecule has 0 saturated heterocycles. The van der Waals surface area contributed by atoms with Crippen molar-refractivity contribution in [1.29, 1.82) is 0 Å². The second kappa shape index (κ2) is 4.57. The fraction of sp³-hybridized carbons (Fsp3) is 0.0667. The number of pyridine rings is 1. The van der Waals surface area contributed by atoms with Crippen molar-refractivity contribution in [3.8, 4) is 0 Å². The summed E-state index contributed by atoms with van der Waals surface area (Å²) in [5.41, 5.74) is 3.12. The zero-order valence-corrected chi connectivity index (χ0v) is 10.5. The number of nitrogens with zero attached hydrogens (tertiary/aromatic N) is 1. The number of hydrogen-bond donors (Lipinski definition) is 2. The highest BCUT2D eigenvalue weighted by molar-refractivity contribution is 6.06. The van der Waals surface area contributed by atoms with Crippen LogP contribution in [0.1, 0.15) is 16.1 Å². The van der Waals surface area contributed by atoms with Gasteiger partial charge in [0.15, 0.2) is 0 Å². The van der Waals surface area contributed by atoms with Crippen LogP contribution in [0.3, 0.4) is 0 Å². The van der Waals surface area contributed by atoms with Gasteiger partial charge in [-0.3, -0.25) is 9.78 Å². The van der Waals surface area contributed by atoms with Crippen LogP contribution in [0, 0.1) is 6.92 Å². The smallest absolute Gasteiger partial charge is 0.255 e. The van der Waals surface area contributed by atoms with Crippen molar-refractivity contribution in [1.82, 2.24) is 9.97 Å². The van der Waals surface area contributed by atoms with Gasteiger partial charge in [-0.15, -0.1) is 0 Å². The lowest BCUT2D eigenvalue weighted by Gasteiger charge is -2.07. The van der Waals surface area contributed by atoms with E-state index in [4.69, 9.17) is 0 Å². The molecule has 1 amide bonds. The lowest BCUT2D eigenvalue weighted by atomic mass is 10.1. The monoisotopic (exact) mass is 251 g/mol. The quantitative estimate of drug-likeness (QED) is 0.735. The van der Waals surface area contributed by atoms with Crippen LogP contribution in [-0.4, -0.2) is 15.9 Å². The van der Waals surface area contributed by atoms with Gasteiger partial charge in [-0.1, -0.05) is 6.07 Å². The number of rotatable bonds is 2. The molecule has 1 aromatic carbocycles. The Hall–Kier alpha value is -2.62. The first kappa shape index (κ1) is 11.5. The molecule has 0 radical (unpaired) electrons. The molecular formula is C15H13N3O. The summed E-state index contributed by atoms with van der Waals surface area (Å²) < 4.78 is 0. The predicted octanol–water partition coefficient (Wildman–Crippen LogP) is 3.12. The molecule has 2 N–H and O–H groups in total. The predicted molar refractivity (Wildman–Crippen MR) is 75.2 cm³/mol. The topological polar surface area (TPSA) is 57.8 Å². The summed E-state index contributed by atoms with van der Waals surface area (Å²) in [6.45, 7) is 1.86. The Morgan fingerprint density at radius 2 is 2.16 bits per heavy atom. The largest absolute Gasteiger partial charge is 0.361 e. The lowest BCUT2D eigenvalue weighted by Crippen LogP contribution is -2.13. The van der Waals surface area contributed by atoms with Crippen molar-refractivity contribution in [2.75, 3.05) is 5.32 Å². The maximum Gasteiger partial charge on any atom is 0.255 e. The van der Waals surface area contributed by atoms with Crippen molar-refractivity contribution < 1.29 is 4.79 Å². The normalized spacial score (nSPS) is 10.6. The van der Waals surface area contributed by atoms with E-state index in [0.717, 1.165) is 22.3 Å². The van der Waals surface area contributed by atoms with E-state index in [9.17, 15) is 4.79 Å². The number of aromatic nitrogens is 2. The first-order valence-electron chi connectivity index (χ1n) is 6.04. The Morgan fingerprint density at radius 1 is 1.26 bits per heavy atom. The van der Waals surface area contributed by atoms with E-state index in [2.05, 4.69) is 15.3 Å². The van der Waals surface area contributed by atoms with Gasteiger partial charge in [0.1, 0.15) is 0 Å². The van der Waals surface area contributed by atoms with Gasteiger partial charge in [0.2, 0.25) is 0 Å². The number of benzene rings is 1. The van der Waals surface area contributed by atoms with E-state index in [-0.39, 0.29) is 5.91 Å². The molecule has 94 valence electrons. The molecule has 3 rings (SSSR count). The van der Waals surface area contributed by atoms with Gasteiger partial charge >= 0.3 is 0 Å². The van der Waals surface area contributed by atoms with Crippen LogP contribution in [0.15, 0.2) is 48.8 Å². The summed E-state index contributed by atoms with van der Waals surface area (Å²) in [7, 11) is 0. The number of amides is 1. The number of nitrogens with one attached hydrogen (secondary N) is 2. The van der Waals surface area contributed by atoms with Crippen molar-refractivity contribution in [3.63, 3.8) is 0 Å². The van der Waals surface area contributed by atoms with Crippen LogP contribution >= 0.6 is 0 Å². The number of hydrogen-bond acceptors (Lipinski definition) is 2. The minimum Gasteiger partial charge on any atom is -0.361 e. The lowest BCUT2D eigenvalue weighted by molar-refractivity contribution is 0.102. The molecular weight excluding hydrogens is 238 g/mol. The Morgan fingerprint density at radius 3 is 3.00 bits per heavy atom. The van der Waals surface area contributed by atoms with Crippen LogP contribution < -0.4 is 5.32 Å². The fourth-order valence-electron chi connectivity index (χ4n) is 2.00. The van der Waals surface area contributed by atoms with E-state index in [1.165, 1.54) is 0 Å². The molecule has 3 aromatic rings. The maximum absolute atomic E-state index is 12.2. The molecule has 0 spiro atoms. The van der Waals surface area contributed by atoms with Crippen LogP contribution in [-0.2, 0) is 0 Å². The number of H-pyrrole nitrogens is 1. The van der Waals surface area contributed by atoms with E-state index in [0.29, 0.717) is 5.56 Å². The molecule has 0 aliphatic carbocycles. The molecule has 19 heavy (non-hydrogen) atoms. The molecule has 0 aliphatic heterocycles. The second-order valence-electron chi connectivity index (χ2n) is 4.37. The van der Waals surface area contributed by atoms with Gasteiger partial charge < -0.3 is 10.3 Å². The first-order valence-corrected chi connectivity index (χ1v) is 6.04. The van der Waals surface area contributed by atoms with Crippen LogP contribution in [0.4, 0.5) is 5.69 Å². The number of aromatic amines is 1. The summed E-state index contributed by atoms with van der Waals surface area (Å²) in [6.07, 6.45) is 3.56. The van der Waals surface area contributed by atoms with E-state index in [1.54, 1.807) is 12.3 Å². The van der Waals surface area contributed by atoms with Crippen molar-refractivity contribution in [3.05, 3.63) is 60.0 Å². The summed E-state index contributed by atoms with van der Waals surface area (Å²) in [4.78, 5) is 19.4. The molecule has 2 aromatic heterocycles.